The van der Waals surface area contributed by atoms with E-state index in [4.69, 9.17) is 5.26 Å². The van der Waals surface area contributed by atoms with Crippen molar-refractivity contribution >= 4 is 6.29 Å². The minimum atomic E-state index is -1.19. The van der Waals surface area contributed by atoms with E-state index in [1.807, 2.05) is 0 Å². The van der Waals surface area contributed by atoms with Crippen molar-refractivity contribution in [2.45, 2.75) is 6.42 Å². The summed E-state index contributed by atoms with van der Waals surface area (Å²) in [5.74, 6) is -2.31. The molecule has 0 unspecified atom stereocenters. The Morgan fingerprint density at radius 1 is 1.38 bits per heavy atom. The largest absolute Gasteiger partial charge is 0.303 e. The number of rotatable bonds is 2. The van der Waals surface area contributed by atoms with Crippen LogP contribution in [0.5, 0.6) is 0 Å². The molecule has 0 amide bonds. The quantitative estimate of drug-likeness (QED) is 0.650. The Labute approximate surface area is 73.4 Å². The molecule has 0 radical (unpaired) electrons. The summed E-state index contributed by atoms with van der Waals surface area (Å²) in [6, 6.07) is 3.88. The topological polar surface area (TPSA) is 40.9 Å². The number of carbonyl (C=O) groups is 1. The van der Waals surface area contributed by atoms with Gasteiger partial charge in [0.1, 0.15) is 12.4 Å². The van der Waals surface area contributed by atoms with E-state index >= 15 is 0 Å². The molecule has 0 heterocycles. The highest BCUT2D eigenvalue weighted by Gasteiger charge is 2.12. The number of benzene rings is 1. The number of aldehydes is 1. The second-order valence-electron chi connectivity index (χ2n) is 2.38. The van der Waals surface area contributed by atoms with E-state index in [2.05, 4.69) is 0 Å². The molecule has 0 fully saturated rings. The standard InChI is InChI=1S/C9H5F2NO/c10-8-6(3-4-13)1-2-7(5-12)9(8)11/h1-2,4H,3H2. The maximum absolute atomic E-state index is 13.0. The third kappa shape index (κ3) is 1.70. The van der Waals surface area contributed by atoms with Gasteiger partial charge in [0.15, 0.2) is 11.6 Å². The summed E-state index contributed by atoms with van der Waals surface area (Å²) in [6.45, 7) is 0. The van der Waals surface area contributed by atoms with Gasteiger partial charge in [-0.05, 0) is 11.6 Å². The number of carbonyl (C=O) groups excluding carboxylic acids is 1. The zero-order valence-electron chi connectivity index (χ0n) is 6.55. The summed E-state index contributed by atoms with van der Waals surface area (Å²) < 4.78 is 25.8. The Kier molecular flexibility index (Phi) is 2.70. The van der Waals surface area contributed by atoms with Gasteiger partial charge in [-0.2, -0.15) is 5.26 Å². The van der Waals surface area contributed by atoms with E-state index in [0.29, 0.717) is 6.29 Å². The maximum atomic E-state index is 13.0. The molecule has 0 spiro atoms. The van der Waals surface area contributed by atoms with Crippen molar-refractivity contribution in [1.82, 2.24) is 0 Å². The van der Waals surface area contributed by atoms with Crippen LogP contribution >= 0.6 is 0 Å². The van der Waals surface area contributed by atoms with Crippen LogP contribution in [0, 0.1) is 23.0 Å². The van der Waals surface area contributed by atoms with Gasteiger partial charge in [-0.3, -0.25) is 0 Å². The summed E-state index contributed by atoms with van der Waals surface area (Å²) in [4.78, 5) is 10.0. The molecule has 0 aliphatic rings. The predicted octanol–water partition coefficient (Wildman–Crippen LogP) is 1.58. The van der Waals surface area contributed by atoms with Crippen LogP contribution in [0.15, 0.2) is 12.1 Å². The summed E-state index contributed by atoms with van der Waals surface area (Å²) in [5.41, 5.74) is -0.390. The highest BCUT2D eigenvalue weighted by Crippen LogP contribution is 2.15. The average Bonchev–Trinajstić information content (AvgIpc) is 2.14. The van der Waals surface area contributed by atoms with Crippen molar-refractivity contribution in [1.29, 1.82) is 5.26 Å². The van der Waals surface area contributed by atoms with E-state index in [-0.39, 0.29) is 17.5 Å². The number of hydrogen-bond donors (Lipinski definition) is 0. The van der Waals surface area contributed by atoms with Crippen LogP contribution in [0.4, 0.5) is 8.78 Å². The van der Waals surface area contributed by atoms with Crippen LogP contribution in [-0.4, -0.2) is 6.29 Å². The molecule has 0 bridgehead atoms. The normalized spacial score (nSPS) is 9.31. The Hall–Kier alpha value is -1.76. The molecule has 1 rings (SSSR count). The highest BCUT2D eigenvalue weighted by molar-refractivity contribution is 5.55. The van der Waals surface area contributed by atoms with Crippen LogP contribution in [0.3, 0.4) is 0 Å². The lowest BCUT2D eigenvalue weighted by Crippen LogP contribution is -1.97. The summed E-state index contributed by atoms with van der Waals surface area (Å²) >= 11 is 0. The van der Waals surface area contributed by atoms with Gasteiger partial charge in [0, 0.05) is 6.42 Å². The second kappa shape index (κ2) is 3.76. The van der Waals surface area contributed by atoms with Crippen LogP contribution in [0.25, 0.3) is 0 Å². The Balaban J connectivity index is 3.24. The van der Waals surface area contributed by atoms with Gasteiger partial charge in [-0.25, -0.2) is 8.78 Å². The molecular formula is C9H5F2NO. The predicted molar refractivity (Wildman–Crippen MR) is 40.8 cm³/mol. The van der Waals surface area contributed by atoms with Gasteiger partial charge >= 0.3 is 0 Å². The van der Waals surface area contributed by atoms with Gasteiger partial charge in [0.25, 0.3) is 0 Å². The Morgan fingerprint density at radius 3 is 2.62 bits per heavy atom. The molecule has 0 N–H and O–H groups in total. The minimum Gasteiger partial charge on any atom is -0.303 e. The zero-order valence-corrected chi connectivity index (χ0v) is 6.55. The number of nitriles is 1. The molecule has 0 aromatic heterocycles. The first kappa shape index (κ1) is 9.33. The molecule has 0 atom stereocenters. The number of halogens is 2. The maximum Gasteiger partial charge on any atom is 0.176 e. The molecular weight excluding hydrogens is 176 g/mol. The lowest BCUT2D eigenvalue weighted by molar-refractivity contribution is -0.107. The molecule has 13 heavy (non-hydrogen) atoms. The molecule has 0 saturated heterocycles. The zero-order chi connectivity index (χ0) is 9.84. The van der Waals surface area contributed by atoms with Crippen LogP contribution in [-0.2, 0) is 11.2 Å². The average molecular weight is 181 g/mol. The molecule has 0 aliphatic heterocycles. The van der Waals surface area contributed by atoms with Gasteiger partial charge < -0.3 is 4.79 Å². The lowest BCUT2D eigenvalue weighted by atomic mass is 10.1. The second-order valence-corrected chi connectivity index (χ2v) is 2.38. The summed E-state index contributed by atoms with van der Waals surface area (Å²) in [5, 5.41) is 8.34. The fraction of sp³-hybridized carbons (Fsp3) is 0.111. The van der Waals surface area contributed by atoms with Crippen molar-refractivity contribution in [2.75, 3.05) is 0 Å². The van der Waals surface area contributed by atoms with E-state index < -0.39 is 11.6 Å². The van der Waals surface area contributed by atoms with Gasteiger partial charge in [0.05, 0.1) is 5.56 Å². The molecule has 66 valence electrons. The monoisotopic (exact) mass is 181 g/mol. The SMILES string of the molecule is N#Cc1ccc(CC=O)c(F)c1F. The van der Waals surface area contributed by atoms with E-state index in [1.54, 1.807) is 0 Å². The third-order valence-electron chi connectivity index (χ3n) is 1.59. The van der Waals surface area contributed by atoms with E-state index in [0.717, 1.165) is 6.07 Å². The van der Waals surface area contributed by atoms with Crippen molar-refractivity contribution < 1.29 is 13.6 Å². The van der Waals surface area contributed by atoms with Gasteiger partial charge in [0.2, 0.25) is 0 Å². The van der Waals surface area contributed by atoms with Crippen LogP contribution < -0.4 is 0 Å². The van der Waals surface area contributed by atoms with E-state index in [9.17, 15) is 13.6 Å². The molecule has 1 aromatic carbocycles. The summed E-state index contributed by atoms with van der Waals surface area (Å²) in [6.07, 6.45) is 0.290. The first-order valence-corrected chi connectivity index (χ1v) is 3.51. The first-order chi connectivity index (χ1) is 6.20. The van der Waals surface area contributed by atoms with Crippen molar-refractivity contribution in [3.63, 3.8) is 0 Å². The first-order valence-electron chi connectivity index (χ1n) is 3.51. The van der Waals surface area contributed by atoms with Crippen LogP contribution in [0.1, 0.15) is 11.1 Å². The minimum absolute atomic E-state index is 0.0356. The number of nitrogens with zero attached hydrogens (tertiary/aromatic N) is 1. The van der Waals surface area contributed by atoms with Gasteiger partial charge in [-0.1, -0.05) is 6.07 Å². The number of hydrogen-bond acceptors (Lipinski definition) is 2. The van der Waals surface area contributed by atoms with Crippen molar-refractivity contribution in [3.05, 3.63) is 34.9 Å². The van der Waals surface area contributed by atoms with Crippen LogP contribution in [0.2, 0.25) is 0 Å². The lowest BCUT2D eigenvalue weighted by Gasteiger charge is -2.00. The van der Waals surface area contributed by atoms with Gasteiger partial charge in [-0.15, -0.1) is 0 Å². The molecule has 2 nitrogen and oxygen atoms in total. The Morgan fingerprint density at radius 2 is 2.08 bits per heavy atom. The molecule has 0 aliphatic carbocycles. The van der Waals surface area contributed by atoms with Crippen molar-refractivity contribution in [2.24, 2.45) is 0 Å². The third-order valence-corrected chi connectivity index (χ3v) is 1.59. The molecule has 0 saturated carbocycles. The molecule has 1 aromatic rings. The fourth-order valence-corrected chi connectivity index (χ4v) is 0.923. The summed E-state index contributed by atoms with van der Waals surface area (Å²) in [7, 11) is 0. The highest BCUT2D eigenvalue weighted by atomic mass is 19.2. The molecule has 4 heteroatoms. The Bertz CT molecular complexity index is 382. The van der Waals surface area contributed by atoms with E-state index in [1.165, 1.54) is 12.1 Å². The fourth-order valence-electron chi connectivity index (χ4n) is 0.923. The smallest absolute Gasteiger partial charge is 0.176 e. The van der Waals surface area contributed by atoms with Crippen molar-refractivity contribution in [3.8, 4) is 6.07 Å².